The van der Waals surface area contributed by atoms with E-state index in [0.717, 1.165) is 30.9 Å². The van der Waals surface area contributed by atoms with Crippen molar-refractivity contribution >= 4 is 5.91 Å². The molecule has 5 heteroatoms. The van der Waals surface area contributed by atoms with Crippen molar-refractivity contribution in [2.75, 3.05) is 33.4 Å². The van der Waals surface area contributed by atoms with Crippen LogP contribution in [-0.4, -0.2) is 39.3 Å². The summed E-state index contributed by atoms with van der Waals surface area (Å²) in [5, 5.41) is 5.89. The summed E-state index contributed by atoms with van der Waals surface area (Å²) in [6, 6.07) is 7.42. The molecule has 20 heavy (non-hydrogen) atoms. The molecule has 1 aromatic rings. The second-order valence-electron chi connectivity index (χ2n) is 4.40. The first-order valence-corrected chi connectivity index (χ1v) is 7.00. The zero-order chi connectivity index (χ0) is 14.6. The number of nitrogens with one attached hydrogen (secondary N) is 2. The van der Waals surface area contributed by atoms with Crippen LogP contribution in [0, 0.1) is 0 Å². The SMILES string of the molecule is CCCCNC(=O)CNCCOc1ccc(OC)cc1. The van der Waals surface area contributed by atoms with Gasteiger partial charge < -0.3 is 20.1 Å². The lowest BCUT2D eigenvalue weighted by molar-refractivity contribution is -0.120. The number of rotatable bonds is 10. The van der Waals surface area contributed by atoms with Crippen molar-refractivity contribution in [3.8, 4) is 11.5 Å². The lowest BCUT2D eigenvalue weighted by Gasteiger charge is -2.08. The van der Waals surface area contributed by atoms with Crippen molar-refractivity contribution in [1.29, 1.82) is 0 Å². The van der Waals surface area contributed by atoms with Crippen LogP contribution in [0.15, 0.2) is 24.3 Å². The van der Waals surface area contributed by atoms with Gasteiger partial charge in [0.2, 0.25) is 5.91 Å². The minimum absolute atomic E-state index is 0.0305. The van der Waals surface area contributed by atoms with Gasteiger partial charge in [-0.05, 0) is 30.7 Å². The van der Waals surface area contributed by atoms with Crippen molar-refractivity contribution in [2.24, 2.45) is 0 Å². The smallest absolute Gasteiger partial charge is 0.233 e. The highest BCUT2D eigenvalue weighted by Gasteiger charge is 1.99. The van der Waals surface area contributed by atoms with Gasteiger partial charge in [-0.3, -0.25) is 4.79 Å². The molecule has 5 nitrogen and oxygen atoms in total. The van der Waals surface area contributed by atoms with Crippen LogP contribution in [0.4, 0.5) is 0 Å². The molecule has 0 aliphatic heterocycles. The average molecular weight is 280 g/mol. The highest BCUT2D eigenvalue weighted by Crippen LogP contribution is 2.16. The van der Waals surface area contributed by atoms with Gasteiger partial charge in [-0.2, -0.15) is 0 Å². The summed E-state index contributed by atoms with van der Waals surface area (Å²) >= 11 is 0. The highest BCUT2D eigenvalue weighted by atomic mass is 16.5. The van der Waals surface area contributed by atoms with Crippen molar-refractivity contribution in [3.63, 3.8) is 0 Å². The predicted octanol–water partition coefficient (Wildman–Crippen LogP) is 1.58. The van der Waals surface area contributed by atoms with Gasteiger partial charge in [-0.25, -0.2) is 0 Å². The molecule has 1 aromatic carbocycles. The van der Waals surface area contributed by atoms with Crippen LogP contribution in [-0.2, 0) is 4.79 Å². The molecule has 0 aromatic heterocycles. The van der Waals surface area contributed by atoms with Gasteiger partial charge in [0.15, 0.2) is 0 Å². The normalized spacial score (nSPS) is 10.1. The van der Waals surface area contributed by atoms with Gasteiger partial charge in [0, 0.05) is 13.1 Å². The Balaban J connectivity index is 2.05. The van der Waals surface area contributed by atoms with Crippen LogP contribution >= 0.6 is 0 Å². The molecule has 0 bridgehead atoms. The van der Waals surface area contributed by atoms with E-state index >= 15 is 0 Å². The maximum atomic E-state index is 11.4. The minimum Gasteiger partial charge on any atom is -0.497 e. The summed E-state index contributed by atoms with van der Waals surface area (Å²) in [6.45, 7) is 4.33. The number of ether oxygens (including phenoxy) is 2. The topological polar surface area (TPSA) is 59.6 Å². The third-order valence-electron chi connectivity index (χ3n) is 2.75. The van der Waals surface area contributed by atoms with Gasteiger partial charge in [0.25, 0.3) is 0 Å². The molecule has 0 spiro atoms. The van der Waals surface area contributed by atoms with E-state index in [1.807, 2.05) is 24.3 Å². The van der Waals surface area contributed by atoms with E-state index in [4.69, 9.17) is 9.47 Å². The zero-order valence-electron chi connectivity index (χ0n) is 12.3. The van der Waals surface area contributed by atoms with E-state index in [1.54, 1.807) is 7.11 Å². The summed E-state index contributed by atoms with van der Waals surface area (Å²) in [5.41, 5.74) is 0. The molecule has 112 valence electrons. The second-order valence-corrected chi connectivity index (χ2v) is 4.40. The molecule has 1 amide bonds. The summed E-state index contributed by atoms with van der Waals surface area (Å²) in [5.74, 6) is 1.63. The fourth-order valence-corrected chi connectivity index (χ4v) is 1.58. The van der Waals surface area contributed by atoms with Crippen LogP contribution in [0.1, 0.15) is 19.8 Å². The lowest BCUT2D eigenvalue weighted by Crippen LogP contribution is -2.35. The van der Waals surface area contributed by atoms with Crippen molar-refractivity contribution < 1.29 is 14.3 Å². The Morgan fingerprint density at radius 2 is 1.85 bits per heavy atom. The van der Waals surface area contributed by atoms with E-state index in [9.17, 15) is 4.79 Å². The molecule has 0 saturated carbocycles. The Morgan fingerprint density at radius 3 is 2.50 bits per heavy atom. The maximum absolute atomic E-state index is 11.4. The quantitative estimate of drug-likeness (QED) is 0.639. The molecule has 1 rings (SSSR count). The first-order valence-electron chi connectivity index (χ1n) is 7.00. The van der Waals surface area contributed by atoms with Gasteiger partial charge in [-0.1, -0.05) is 13.3 Å². The number of benzene rings is 1. The maximum Gasteiger partial charge on any atom is 0.233 e. The number of carbonyl (C=O) groups is 1. The number of methoxy groups -OCH3 is 1. The Hall–Kier alpha value is -1.75. The van der Waals surface area contributed by atoms with Crippen molar-refractivity contribution in [2.45, 2.75) is 19.8 Å². The molecule has 0 radical (unpaired) electrons. The number of carbonyl (C=O) groups excluding carboxylic acids is 1. The molecular formula is C15H24N2O3. The predicted molar refractivity (Wildman–Crippen MR) is 79.3 cm³/mol. The standard InChI is InChI=1S/C15H24N2O3/c1-3-4-9-17-15(18)12-16-10-11-20-14-7-5-13(19-2)6-8-14/h5-8,16H,3-4,9-12H2,1-2H3,(H,17,18). The monoisotopic (exact) mass is 280 g/mol. The largest absolute Gasteiger partial charge is 0.497 e. The number of hydrogen-bond acceptors (Lipinski definition) is 4. The summed E-state index contributed by atoms with van der Waals surface area (Å²) in [7, 11) is 1.63. The molecule has 2 N–H and O–H groups in total. The van der Waals surface area contributed by atoms with E-state index in [0.29, 0.717) is 19.7 Å². The molecule has 0 heterocycles. The van der Waals surface area contributed by atoms with Crippen LogP contribution in [0.2, 0.25) is 0 Å². The summed E-state index contributed by atoms with van der Waals surface area (Å²) < 4.78 is 10.6. The Morgan fingerprint density at radius 1 is 1.15 bits per heavy atom. The average Bonchev–Trinajstić information content (AvgIpc) is 2.48. The zero-order valence-corrected chi connectivity index (χ0v) is 12.3. The number of hydrogen-bond donors (Lipinski definition) is 2. The van der Waals surface area contributed by atoms with Crippen LogP contribution in [0.25, 0.3) is 0 Å². The molecule has 0 unspecified atom stereocenters. The highest BCUT2D eigenvalue weighted by molar-refractivity contribution is 5.77. The Bertz CT molecular complexity index is 379. The molecule has 0 saturated heterocycles. The summed E-state index contributed by atoms with van der Waals surface area (Å²) in [6.07, 6.45) is 2.11. The molecular weight excluding hydrogens is 256 g/mol. The molecule has 0 aliphatic carbocycles. The minimum atomic E-state index is 0.0305. The molecule has 0 atom stereocenters. The first-order chi connectivity index (χ1) is 9.76. The third-order valence-corrected chi connectivity index (χ3v) is 2.75. The van der Waals surface area contributed by atoms with Gasteiger partial charge in [0.05, 0.1) is 13.7 Å². The van der Waals surface area contributed by atoms with Crippen LogP contribution in [0.5, 0.6) is 11.5 Å². The fraction of sp³-hybridized carbons (Fsp3) is 0.533. The Labute approximate surface area is 120 Å². The molecule has 0 aliphatic rings. The van der Waals surface area contributed by atoms with Crippen LogP contribution < -0.4 is 20.1 Å². The van der Waals surface area contributed by atoms with E-state index in [2.05, 4.69) is 17.6 Å². The van der Waals surface area contributed by atoms with Gasteiger partial charge in [-0.15, -0.1) is 0 Å². The molecule has 0 fully saturated rings. The van der Waals surface area contributed by atoms with Gasteiger partial charge in [0.1, 0.15) is 18.1 Å². The summed E-state index contributed by atoms with van der Waals surface area (Å²) in [4.78, 5) is 11.4. The van der Waals surface area contributed by atoms with Gasteiger partial charge >= 0.3 is 0 Å². The number of unbranched alkanes of at least 4 members (excludes halogenated alkanes) is 1. The lowest BCUT2D eigenvalue weighted by atomic mass is 10.3. The van der Waals surface area contributed by atoms with Crippen molar-refractivity contribution in [3.05, 3.63) is 24.3 Å². The third kappa shape index (κ3) is 6.99. The Kier molecular flexibility index (Phi) is 8.22. The first kappa shape index (κ1) is 16.3. The van der Waals surface area contributed by atoms with E-state index < -0.39 is 0 Å². The van der Waals surface area contributed by atoms with Crippen molar-refractivity contribution in [1.82, 2.24) is 10.6 Å². The van der Waals surface area contributed by atoms with Crippen LogP contribution in [0.3, 0.4) is 0 Å². The van der Waals surface area contributed by atoms with E-state index in [1.165, 1.54) is 0 Å². The second kappa shape index (κ2) is 10.1. The van der Waals surface area contributed by atoms with E-state index in [-0.39, 0.29) is 5.91 Å². The number of amides is 1. The fourth-order valence-electron chi connectivity index (χ4n) is 1.58.